The molecule has 5 nitrogen and oxygen atoms in total. The van der Waals surface area contributed by atoms with Gasteiger partial charge >= 0.3 is 5.97 Å². The molecule has 0 bridgehead atoms. The van der Waals surface area contributed by atoms with Crippen molar-refractivity contribution in [2.24, 2.45) is 0 Å². The van der Waals surface area contributed by atoms with Gasteiger partial charge in [0, 0.05) is 17.0 Å². The molecule has 0 atom stereocenters. The minimum absolute atomic E-state index is 0.110. The average Bonchev–Trinajstić information content (AvgIpc) is 3.05. The molecule has 8 heteroatoms. The fourth-order valence-electron chi connectivity index (χ4n) is 4.23. The van der Waals surface area contributed by atoms with Gasteiger partial charge in [0.25, 0.3) is 8.32 Å². The highest BCUT2D eigenvalue weighted by molar-refractivity contribution is 7.10. The van der Waals surface area contributed by atoms with Gasteiger partial charge in [0.2, 0.25) is 0 Å². The van der Waals surface area contributed by atoms with Crippen LogP contribution in [0.1, 0.15) is 46.6 Å². The number of nitrogens with zero attached hydrogens (tertiary/aromatic N) is 1. The zero-order valence-electron chi connectivity index (χ0n) is 18.1. The van der Waals surface area contributed by atoms with E-state index >= 15 is 0 Å². The van der Waals surface area contributed by atoms with Crippen LogP contribution in [0.5, 0.6) is 11.5 Å². The van der Waals surface area contributed by atoms with Crippen LogP contribution in [0.3, 0.4) is 0 Å². The quantitative estimate of drug-likeness (QED) is 0.428. The monoisotopic (exact) mass is 455 g/mol. The third-order valence-corrected chi connectivity index (χ3v) is 12.5. The second-order valence-corrected chi connectivity index (χ2v) is 14.8. The van der Waals surface area contributed by atoms with Crippen LogP contribution in [0.15, 0.2) is 17.5 Å². The summed E-state index contributed by atoms with van der Waals surface area (Å²) in [7, 11) is -0.594. The minimum Gasteiger partial charge on any atom is -0.543 e. The Morgan fingerprint density at radius 2 is 1.76 bits per heavy atom. The molecule has 0 saturated carbocycles. The van der Waals surface area contributed by atoms with Crippen molar-refractivity contribution in [3.05, 3.63) is 27.5 Å². The number of carboxylic acids is 1. The van der Waals surface area contributed by atoms with Crippen LogP contribution in [-0.4, -0.2) is 31.5 Å². The van der Waals surface area contributed by atoms with E-state index in [-0.39, 0.29) is 6.42 Å². The summed E-state index contributed by atoms with van der Waals surface area (Å²) >= 11 is 7.84. The smallest absolute Gasteiger partial charge is 0.310 e. The van der Waals surface area contributed by atoms with Crippen LogP contribution < -0.4 is 9.16 Å². The number of ether oxygens (including phenoxy) is 1. The summed E-state index contributed by atoms with van der Waals surface area (Å²) in [6.07, 6.45) is -0.110. The molecular weight excluding hydrogens is 426 g/mol. The number of halogens is 1. The number of aliphatic carboxylic acids is 1. The highest BCUT2D eigenvalue weighted by Gasteiger charge is 2.47. The molecule has 0 radical (unpaired) electrons. The molecule has 0 aliphatic rings. The Balaban J connectivity index is 2.55. The first-order valence-electron chi connectivity index (χ1n) is 9.75. The Morgan fingerprint density at radius 1 is 1.17 bits per heavy atom. The van der Waals surface area contributed by atoms with Crippen LogP contribution in [0.2, 0.25) is 21.6 Å². The van der Waals surface area contributed by atoms with E-state index in [2.05, 4.69) is 46.5 Å². The van der Waals surface area contributed by atoms with Gasteiger partial charge in [-0.1, -0.05) is 53.1 Å². The second-order valence-electron chi connectivity index (χ2n) is 8.10. The van der Waals surface area contributed by atoms with Crippen molar-refractivity contribution >= 4 is 37.2 Å². The maximum absolute atomic E-state index is 11.0. The average molecular weight is 456 g/mol. The lowest BCUT2D eigenvalue weighted by atomic mass is 10.1. The number of hydrogen-bond acceptors (Lipinski definition) is 5. The normalized spacial score (nSPS) is 12.1. The van der Waals surface area contributed by atoms with Gasteiger partial charge in [-0.05, 0) is 22.7 Å². The summed E-state index contributed by atoms with van der Waals surface area (Å²) in [4.78, 5) is 15.5. The van der Waals surface area contributed by atoms with Crippen LogP contribution in [0.25, 0.3) is 11.3 Å². The molecule has 0 aliphatic heterocycles. The van der Waals surface area contributed by atoms with Gasteiger partial charge in [-0.25, -0.2) is 4.98 Å². The van der Waals surface area contributed by atoms with Gasteiger partial charge in [-0.2, -0.15) is 0 Å². The van der Waals surface area contributed by atoms with E-state index in [0.717, 1.165) is 0 Å². The summed E-state index contributed by atoms with van der Waals surface area (Å²) in [5.74, 6) is 0.313. The predicted molar refractivity (Wildman–Crippen MR) is 122 cm³/mol. The molecule has 29 heavy (non-hydrogen) atoms. The molecule has 1 heterocycles. The fourth-order valence-corrected chi connectivity index (χ4v) is 10.5. The second kappa shape index (κ2) is 9.49. The zero-order valence-corrected chi connectivity index (χ0v) is 20.6. The molecule has 160 valence electrons. The minimum atomic E-state index is -2.15. The number of carboxylic acid groups (broad SMARTS) is 1. The van der Waals surface area contributed by atoms with Crippen LogP contribution >= 0.6 is 22.9 Å². The summed E-state index contributed by atoms with van der Waals surface area (Å²) in [6, 6.07) is 3.72. The molecule has 0 saturated heterocycles. The van der Waals surface area contributed by atoms with Gasteiger partial charge in [0.15, 0.2) is 0 Å². The number of rotatable bonds is 9. The van der Waals surface area contributed by atoms with Gasteiger partial charge in [0.05, 0.1) is 24.2 Å². The number of aromatic nitrogens is 1. The summed E-state index contributed by atoms with van der Waals surface area (Å²) in [6.45, 7) is 13.4. The van der Waals surface area contributed by atoms with Crippen molar-refractivity contribution in [3.8, 4) is 22.8 Å². The SMILES string of the molecule is COc1c(Cl)cc(O[Si](C(C)C)(C(C)C)C(C)C)cc1-c1csc(CC(=O)O)n1. The van der Waals surface area contributed by atoms with Gasteiger partial charge in [0.1, 0.15) is 16.5 Å². The maximum atomic E-state index is 11.0. The summed E-state index contributed by atoms with van der Waals surface area (Å²) in [5.41, 5.74) is 2.62. The molecule has 1 N–H and O–H groups in total. The van der Waals surface area contributed by atoms with Gasteiger partial charge < -0.3 is 14.3 Å². The molecular formula is C21H30ClNO4SSi. The van der Waals surface area contributed by atoms with E-state index < -0.39 is 14.3 Å². The Labute approximate surface area is 183 Å². The molecule has 0 unspecified atom stereocenters. The van der Waals surface area contributed by atoms with Crippen LogP contribution in [-0.2, 0) is 11.2 Å². The highest BCUT2D eigenvalue weighted by atomic mass is 35.5. The Kier molecular flexibility index (Phi) is 7.76. The number of methoxy groups -OCH3 is 1. The first-order valence-corrected chi connectivity index (χ1v) is 13.2. The molecule has 0 spiro atoms. The molecule has 2 aromatic rings. The van der Waals surface area contributed by atoms with Crippen LogP contribution in [0, 0.1) is 0 Å². The Morgan fingerprint density at radius 3 is 2.24 bits per heavy atom. The third-order valence-electron chi connectivity index (χ3n) is 5.35. The van der Waals surface area contributed by atoms with E-state index in [9.17, 15) is 4.79 Å². The fraction of sp³-hybridized carbons (Fsp3) is 0.524. The first-order chi connectivity index (χ1) is 13.5. The lowest BCUT2D eigenvalue weighted by Gasteiger charge is -2.42. The highest BCUT2D eigenvalue weighted by Crippen LogP contribution is 2.46. The lowest BCUT2D eigenvalue weighted by molar-refractivity contribution is -0.136. The molecule has 0 fully saturated rings. The van der Waals surface area contributed by atoms with E-state index in [1.807, 2.05) is 17.5 Å². The molecule has 0 aliphatic carbocycles. The summed E-state index contributed by atoms with van der Waals surface area (Å²) in [5, 5.41) is 11.8. The molecule has 1 aromatic carbocycles. The largest absolute Gasteiger partial charge is 0.543 e. The van der Waals surface area contributed by atoms with Gasteiger partial charge in [-0.3, -0.25) is 4.79 Å². The number of hydrogen-bond donors (Lipinski definition) is 1. The Hall–Kier alpha value is -1.57. The predicted octanol–water partition coefficient (Wildman–Crippen LogP) is 6.65. The van der Waals surface area contributed by atoms with Crippen LogP contribution in [0.4, 0.5) is 0 Å². The standard InChI is InChI=1S/C21H30ClNO4SSi/c1-12(2)29(13(3)4,14(5)6)27-15-8-16(21(26-7)17(22)9-15)18-11-28-19(23-18)10-20(24)25/h8-9,11-14H,10H2,1-7H3,(H,24,25). The summed E-state index contributed by atoms with van der Waals surface area (Å²) < 4.78 is 12.3. The van der Waals surface area contributed by atoms with Crippen molar-refractivity contribution < 1.29 is 19.1 Å². The van der Waals surface area contributed by atoms with Crippen molar-refractivity contribution in [2.75, 3.05) is 7.11 Å². The maximum Gasteiger partial charge on any atom is 0.310 e. The Bertz CT molecular complexity index is 845. The van der Waals surface area contributed by atoms with Crippen molar-refractivity contribution in [1.29, 1.82) is 0 Å². The van der Waals surface area contributed by atoms with E-state index in [4.69, 9.17) is 25.9 Å². The number of benzene rings is 1. The van der Waals surface area contributed by atoms with E-state index in [1.165, 1.54) is 11.3 Å². The van der Waals surface area contributed by atoms with Crippen molar-refractivity contribution in [3.63, 3.8) is 0 Å². The third kappa shape index (κ3) is 4.95. The molecule has 2 rings (SSSR count). The molecule has 1 aromatic heterocycles. The van der Waals surface area contributed by atoms with E-state index in [0.29, 0.717) is 49.4 Å². The number of carbonyl (C=O) groups is 1. The topological polar surface area (TPSA) is 68.7 Å². The number of thiazole rings is 1. The molecule has 0 amide bonds. The zero-order chi connectivity index (χ0) is 21.9. The van der Waals surface area contributed by atoms with Crippen molar-refractivity contribution in [2.45, 2.75) is 64.6 Å². The lowest BCUT2D eigenvalue weighted by Crippen LogP contribution is -2.50. The van der Waals surface area contributed by atoms with Gasteiger partial charge in [-0.15, -0.1) is 11.3 Å². The van der Waals surface area contributed by atoms with Crippen molar-refractivity contribution in [1.82, 2.24) is 4.98 Å². The first kappa shape index (κ1) is 23.7. The van der Waals surface area contributed by atoms with E-state index in [1.54, 1.807) is 7.11 Å².